The highest BCUT2D eigenvalue weighted by molar-refractivity contribution is 5.91. The lowest BCUT2D eigenvalue weighted by Crippen LogP contribution is -2.62. The zero-order valence-electron chi connectivity index (χ0n) is 31.8. The fraction of sp³-hybridized carbons (Fsp3) is 0.459. The molecule has 3 aliphatic heterocycles. The summed E-state index contributed by atoms with van der Waals surface area (Å²) in [7, 11) is 0. The van der Waals surface area contributed by atoms with E-state index in [1.54, 1.807) is 0 Å². The molecule has 0 saturated carbocycles. The first-order chi connectivity index (χ1) is 27.4. The summed E-state index contributed by atoms with van der Waals surface area (Å²) in [6, 6.07) is 7.40. The second-order valence-electron chi connectivity index (χ2n) is 13.4. The third-order valence-corrected chi connectivity index (χ3v) is 8.84. The number of rotatable bonds is 13. The molecule has 21 heteroatoms. The van der Waals surface area contributed by atoms with Gasteiger partial charge in [0.05, 0.1) is 44.0 Å². The van der Waals surface area contributed by atoms with Gasteiger partial charge in [-0.15, -0.1) is 0 Å². The predicted molar refractivity (Wildman–Crippen MR) is 190 cm³/mol. The number of anilines is 2. The fourth-order valence-corrected chi connectivity index (χ4v) is 6.48. The van der Waals surface area contributed by atoms with Gasteiger partial charge in [-0.3, -0.25) is 38.6 Å². The van der Waals surface area contributed by atoms with Gasteiger partial charge in [-0.25, -0.2) is 18.4 Å². The standard InChI is InChI=1S/C37H40F2N4O15/c1-17(44)40-13-24-15-42(36(50)56-24)22-6-8-26(28(38)10-22)27-9-7-23(11-29(27)39)43-16-25(57-37(43)51)14-41-31(49)12-30-32(52-18(2)45)33(53-19(3)46)34(54-20(4)47)35(58-30)55-21(5)48/h6-11,24-25,30,32-35H,12-16H2,1-5H3,(H,40,44)(H,41,49)/t24-,25+,30-,32-,33+,34-,35?/m1/s1. The SMILES string of the molecule is CC(=O)NC[C@@H]1CN(c2ccc(-c3ccc(N4C[C@H](CNC(=O)C[C@H]5OC(OC(C)=O)[C@H](OC(C)=O)[C@@H](OC(C)=O)[C@@H]5OC(C)=O)OC4=O)cc3F)c(F)c2)C(=O)O1. The molecule has 0 aliphatic carbocycles. The van der Waals surface area contributed by atoms with Crippen LogP contribution in [0.4, 0.5) is 29.7 Å². The number of ether oxygens (including phenoxy) is 7. The zero-order chi connectivity index (χ0) is 42.4. The number of benzene rings is 2. The Morgan fingerprint density at radius 1 is 0.655 bits per heavy atom. The average Bonchev–Trinajstić information content (AvgIpc) is 3.70. The molecule has 2 N–H and O–H groups in total. The van der Waals surface area contributed by atoms with Crippen LogP contribution in [0, 0.1) is 11.6 Å². The molecule has 19 nitrogen and oxygen atoms in total. The first kappa shape index (κ1) is 42.8. The average molecular weight is 819 g/mol. The molecule has 7 atom stereocenters. The highest BCUT2D eigenvalue weighted by atomic mass is 19.1. The van der Waals surface area contributed by atoms with Crippen LogP contribution in [0.3, 0.4) is 0 Å². The van der Waals surface area contributed by atoms with E-state index in [0.29, 0.717) is 0 Å². The molecule has 0 spiro atoms. The minimum atomic E-state index is -1.67. The molecule has 3 fully saturated rings. The van der Waals surface area contributed by atoms with E-state index in [4.69, 9.17) is 33.2 Å². The van der Waals surface area contributed by atoms with Gasteiger partial charge in [0.25, 0.3) is 0 Å². The van der Waals surface area contributed by atoms with Gasteiger partial charge in [-0.2, -0.15) is 0 Å². The summed E-state index contributed by atoms with van der Waals surface area (Å²) in [6.07, 6.45) is -11.5. The summed E-state index contributed by atoms with van der Waals surface area (Å²) in [4.78, 5) is 99.6. The lowest BCUT2D eigenvalue weighted by molar-refractivity contribution is -0.295. The van der Waals surface area contributed by atoms with Crippen LogP contribution in [0.25, 0.3) is 11.1 Å². The fourth-order valence-electron chi connectivity index (χ4n) is 6.48. The van der Waals surface area contributed by atoms with Gasteiger partial charge < -0.3 is 43.8 Å². The quantitative estimate of drug-likeness (QED) is 0.218. The topological polar surface area (TPSA) is 232 Å². The van der Waals surface area contributed by atoms with Crippen LogP contribution < -0.4 is 20.4 Å². The Kier molecular flexibility index (Phi) is 13.5. The van der Waals surface area contributed by atoms with Gasteiger partial charge in [0.1, 0.15) is 29.9 Å². The molecule has 3 aliphatic rings. The minimum absolute atomic E-state index is 0.0542. The third-order valence-electron chi connectivity index (χ3n) is 8.84. The number of carbonyl (C=O) groups excluding carboxylic acids is 8. The number of amides is 4. The molecule has 58 heavy (non-hydrogen) atoms. The number of carbonyl (C=O) groups is 8. The number of hydrogen-bond donors (Lipinski definition) is 2. The van der Waals surface area contributed by atoms with Crippen molar-refractivity contribution < 1.29 is 80.3 Å². The van der Waals surface area contributed by atoms with E-state index in [2.05, 4.69) is 10.6 Å². The van der Waals surface area contributed by atoms with Gasteiger partial charge in [0.15, 0.2) is 12.2 Å². The molecule has 3 heterocycles. The second-order valence-corrected chi connectivity index (χ2v) is 13.4. The van der Waals surface area contributed by atoms with Crippen molar-refractivity contribution in [3.8, 4) is 11.1 Å². The van der Waals surface area contributed by atoms with Crippen molar-refractivity contribution in [1.82, 2.24) is 10.6 Å². The van der Waals surface area contributed by atoms with Crippen molar-refractivity contribution in [2.75, 3.05) is 36.0 Å². The van der Waals surface area contributed by atoms with Crippen LogP contribution >= 0.6 is 0 Å². The van der Waals surface area contributed by atoms with Crippen molar-refractivity contribution in [2.45, 2.75) is 84.0 Å². The monoisotopic (exact) mass is 818 g/mol. The summed E-state index contributed by atoms with van der Waals surface area (Å²) in [5, 5.41) is 5.10. The summed E-state index contributed by atoms with van der Waals surface area (Å²) in [6.45, 7) is 5.20. The molecule has 3 saturated heterocycles. The number of cyclic esters (lactones) is 2. The Hall–Kier alpha value is -6.38. The lowest BCUT2D eigenvalue weighted by atomic mass is 9.95. The maximum Gasteiger partial charge on any atom is 0.414 e. The Bertz CT molecular complexity index is 1980. The van der Waals surface area contributed by atoms with Crippen LogP contribution in [0.2, 0.25) is 0 Å². The van der Waals surface area contributed by atoms with E-state index in [0.717, 1.165) is 44.7 Å². The molecule has 2 aromatic carbocycles. The second kappa shape index (κ2) is 18.3. The number of hydrogen-bond acceptors (Lipinski definition) is 15. The normalized spacial score (nSPS) is 23.9. The number of nitrogens with zero attached hydrogens (tertiary/aromatic N) is 2. The van der Waals surface area contributed by atoms with E-state index >= 15 is 8.78 Å². The molecule has 4 amide bonds. The molecule has 0 aromatic heterocycles. The number of halogens is 2. The Morgan fingerprint density at radius 2 is 1.10 bits per heavy atom. The molecule has 1 unspecified atom stereocenters. The maximum absolute atomic E-state index is 15.5. The van der Waals surface area contributed by atoms with Gasteiger partial charge in [0.2, 0.25) is 24.2 Å². The molecule has 5 rings (SSSR count). The van der Waals surface area contributed by atoms with Crippen molar-refractivity contribution >= 4 is 59.3 Å². The minimum Gasteiger partial charge on any atom is -0.456 e. The highest BCUT2D eigenvalue weighted by Gasteiger charge is 2.53. The van der Waals surface area contributed by atoms with Crippen LogP contribution in [-0.4, -0.2) is 117 Å². The zero-order valence-corrected chi connectivity index (χ0v) is 31.8. The van der Waals surface area contributed by atoms with Crippen LogP contribution in [0.1, 0.15) is 41.0 Å². The van der Waals surface area contributed by atoms with Crippen LogP contribution in [0.15, 0.2) is 36.4 Å². The van der Waals surface area contributed by atoms with E-state index in [9.17, 15) is 38.4 Å². The number of esters is 4. The smallest absolute Gasteiger partial charge is 0.414 e. The largest absolute Gasteiger partial charge is 0.456 e. The van der Waals surface area contributed by atoms with Gasteiger partial charge in [0, 0.05) is 45.7 Å². The molecular formula is C37H40F2N4O15. The van der Waals surface area contributed by atoms with Crippen LogP contribution in [0.5, 0.6) is 0 Å². The van der Waals surface area contributed by atoms with E-state index in [-0.39, 0.29) is 54.6 Å². The molecule has 0 radical (unpaired) electrons. The molecule has 0 bridgehead atoms. The Balaban J connectivity index is 1.22. The van der Waals surface area contributed by atoms with Gasteiger partial charge in [-0.05, 0) is 36.4 Å². The van der Waals surface area contributed by atoms with Gasteiger partial charge >= 0.3 is 36.1 Å². The van der Waals surface area contributed by atoms with E-state index in [1.807, 2.05) is 0 Å². The highest BCUT2D eigenvalue weighted by Crippen LogP contribution is 2.34. The van der Waals surface area contributed by atoms with Gasteiger partial charge in [-0.1, -0.05) is 0 Å². The predicted octanol–water partition coefficient (Wildman–Crippen LogP) is 2.01. The summed E-state index contributed by atoms with van der Waals surface area (Å²) >= 11 is 0. The van der Waals surface area contributed by atoms with Crippen molar-refractivity contribution in [2.24, 2.45) is 0 Å². The Morgan fingerprint density at radius 3 is 1.55 bits per heavy atom. The first-order valence-electron chi connectivity index (χ1n) is 17.8. The summed E-state index contributed by atoms with van der Waals surface area (Å²) in [5.41, 5.74) is -0.0396. The van der Waals surface area contributed by atoms with E-state index < -0.39 is 103 Å². The lowest BCUT2D eigenvalue weighted by Gasteiger charge is -2.43. The summed E-state index contributed by atoms with van der Waals surface area (Å²) in [5.74, 6) is -6.25. The molecule has 312 valence electrons. The van der Waals surface area contributed by atoms with Crippen molar-refractivity contribution in [1.29, 1.82) is 0 Å². The van der Waals surface area contributed by atoms with Crippen molar-refractivity contribution in [3.63, 3.8) is 0 Å². The van der Waals surface area contributed by atoms with Crippen LogP contribution in [-0.2, 0) is 61.9 Å². The molecular weight excluding hydrogens is 778 g/mol. The Labute approximate surface area is 329 Å². The third kappa shape index (κ3) is 10.5. The van der Waals surface area contributed by atoms with E-state index in [1.165, 1.54) is 36.1 Å². The van der Waals surface area contributed by atoms with Crippen molar-refractivity contribution in [3.05, 3.63) is 48.0 Å². The maximum atomic E-state index is 15.5. The number of nitrogens with one attached hydrogen (secondary N) is 2. The summed E-state index contributed by atoms with van der Waals surface area (Å²) < 4.78 is 68.1. The first-order valence-corrected chi connectivity index (χ1v) is 17.8. The molecule has 2 aromatic rings.